The molecule has 0 atom stereocenters. The van der Waals surface area contributed by atoms with Crippen LogP contribution in [0.5, 0.6) is 0 Å². The Kier molecular flexibility index (Phi) is 6.73. The topological polar surface area (TPSA) is 138 Å². The Hall–Kier alpha value is -4.28. The average molecular weight is 506 g/mol. The molecule has 0 radical (unpaired) electrons. The molecule has 0 unspecified atom stereocenters. The van der Waals surface area contributed by atoms with E-state index in [1.54, 1.807) is 24.3 Å². The van der Waals surface area contributed by atoms with Gasteiger partial charge >= 0.3 is 5.97 Å². The lowest BCUT2D eigenvalue weighted by atomic mass is 9.96. The number of aryl methyl sites for hydroxylation is 1. The van der Waals surface area contributed by atoms with Gasteiger partial charge in [-0.25, -0.2) is 18.4 Å². The van der Waals surface area contributed by atoms with Crippen LogP contribution < -0.4 is 16.0 Å². The maximum Gasteiger partial charge on any atom is 0.356 e. The van der Waals surface area contributed by atoms with Crippen LogP contribution in [0.4, 0.5) is 5.69 Å². The molecule has 0 spiro atoms. The number of hydrogen-bond donors (Lipinski definition) is 2. The Bertz CT molecular complexity index is 1640. The van der Waals surface area contributed by atoms with Gasteiger partial charge in [-0.1, -0.05) is 48.0 Å². The van der Waals surface area contributed by atoms with Crippen LogP contribution in [0, 0.1) is 6.92 Å². The molecule has 0 aliphatic heterocycles. The third-order valence-electron chi connectivity index (χ3n) is 5.64. The van der Waals surface area contributed by atoms with Gasteiger partial charge in [0.05, 0.1) is 4.90 Å². The zero-order valence-electron chi connectivity index (χ0n) is 19.5. The summed E-state index contributed by atoms with van der Waals surface area (Å²) in [5.41, 5.74) is 2.23. The van der Waals surface area contributed by atoms with Crippen LogP contribution in [0.3, 0.4) is 0 Å². The van der Waals surface area contributed by atoms with Gasteiger partial charge in [0.25, 0.3) is 11.5 Å². The first-order chi connectivity index (χ1) is 17.1. The lowest BCUT2D eigenvalue weighted by Crippen LogP contribution is -2.28. The highest BCUT2D eigenvalue weighted by Gasteiger charge is 2.23. The number of aromatic nitrogens is 1. The fourth-order valence-electron chi connectivity index (χ4n) is 3.84. The van der Waals surface area contributed by atoms with Crippen LogP contribution >= 0.6 is 0 Å². The number of primary sulfonamides is 1. The van der Waals surface area contributed by atoms with Crippen molar-refractivity contribution in [1.82, 2.24) is 4.57 Å². The predicted octanol–water partition coefficient (Wildman–Crippen LogP) is 2.96. The Balaban J connectivity index is 1.63. The standard InChI is InChI=1S/C26H23N3O6S/c1-16-7-9-17(10-8-16)23-20-5-3-4-6-21(20)25(31)29(2)24(23)26(32)35-15-22(30)28-18-11-13-19(14-12-18)36(27,33)34/h3-14H,15H2,1-2H3,(H,28,30)(H2,27,33,34). The zero-order valence-corrected chi connectivity index (χ0v) is 20.3. The van der Waals surface area contributed by atoms with Crippen LogP contribution in [-0.2, 0) is 26.6 Å². The van der Waals surface area contributed by atoms with E-state index in [9.17, 15) is 22.8 Å². The summed E-state index contributed by atoms with van der Waals surface area (Å²) in [5, 5.41) is 8.63. The number of nitrogens with two attached hydrogens (primary N) is 1. The van der Waals surface area contributed by atoms with E-state index in [4.69, 9.17) is 9.88 Å². The summed E-state index contributed by atoms with van der Waals surface area (Å²) in [6.45, 7) is 1.32. The fourth-order valence-corrected chi connectivity index (χ4v) is 4.36. The summed E-state index contributed by atoms with van der Waals surface area (Å²) >= 11 is 0. The van der Waals surface area contributed by atoms with E-state index >= 15 is 0 Å². The quantitative estimate of drug-likeness (QED) is 0.387. The van der Waals surface area contributed by atoms with Crippen molar-refractivity contribution in [2.24, 2.45) is 12.2 Å². The number of ether oxygens (including phenoxy) is 1. The third-order valence-corrected chi connectivity index (χ3v) is 6.57. The van der Waals surface area contributed by atoms with Gasteiger partial charge in [-0.2, -0.15) is 0 Å². The highest BCUT2D eigenvalue weighted by atomic mass is 32.2. The number of fused-ring (bicyclic) bond motifs is 1. The van der Waals surface area contributed by atoms with Crippen LogP contribution in [0.2, 0.25) is 0 Å². The zero-order chi connectivity index (χ0) is 26.0. The number of sulfonamides is 1. The molecule has 0 bridgehead atoms. The molecule has 0 aliphatic carbocycles. The Morgan fingerprint density at radius 1 is 0.944 bits per heavy atom. The summed E-state index contributed by atoms with van der Waals surface area (Å²) in [4.78, 5) is 38.5. The molecule has 4 rings (SSSR count). The number of rotatable bonds is 6. The van der Waals surface area contributed by atoms with Crippen molar-refractivity contribution in [3.63, 3.8) is 0 Å². The van der Waals surface area contributed by atoms with Gasteiger partial charge in [0, 0.05) is 23.7 Å². The number of anilines is 1. The lowest BCUT2D eigenvalue weighted by molar-refractivity contribution is -0.119. The fraction of sp³-hybridized carbons (Fsp3) is 0.115. The lowest BCUT2D eigenvalue weighted by Gasteiger charge is -2.17. The number of nitrogens with one attached hydrogen (secondary N) is 1. The van der Waals surface area contributed by atoms with Crippen molar-refractivity contribution >= 4 is 38.4 Å². The highest BCUT2D eigenvalue weighted by molar-refractivity contribution is 7.89. The number of nitrogens with zero attached hydrogens (tertiary/aromatic N) is 1. The second-order valence-electron chi connectivity index (χ2n) is 8.19. The minimum absolute atomic E-state index is 0.0212. The maximum atomic E-state index is 13.2. The highest BCUT2D eigenvalue weighted by Crippen LogP contribution is 2.31. The first kappa shape index (κ1) is 24.8. The predicted molar refractivity (Wildman–Crippen MR) is 136 cm³/mol. The summed E-state index contributed by atoms with van der Waals surface area (Å²) in [6.07, 6.45) is 0. The molecule has 1 heterocycles. The molecule has 184 valence electrons. The first-order valence-corrected chi connectivity index (χ1v) is 12.4. The molecule has 10 heteroatoms. The third kappa shape index (κ3) is 5.04. The number of carbonyl (C=O) groups excluding carboxylic acids is 2. The maximum absolute atomic E-state index is 13.2. The number of amides is 1. The monoisotopic (exact) mass is 505 g/mol. The van der Waals surface area contributed by atoms with Crippen molar-refractivity contribution in [3.05, 3.63) is 94.4 Å². The largest absolute Gasteiger partial charge is 0.451 e. The summed E-state index contributed by atoms with van der Waals surface area (Å²) < 4.78 is 29.2. The second kappa shape index (κ2) is 9.76. The number of benzene rings is 3. The van der Waals surface area contributed by atoms with Gasteiger partial charge in [0.1, 0.15) is 5.69 Å². The van der Waals surface area contributed by atoms with Crippen LogP contribution in [0.25, 0.3) is 21.9 Å². The van der Waals surface area contributed by atoms with Gasteiger partial charge in [-0.15, -0.1) is 0 Å². The molecule has 1 amide bonds. The molecule has 0 aliphatic rings. The van der Waals surface area contributed by atoms with E-state index in [2.05, 4.69) is 5.32 Å². The van der Waals surface area contributed by atoms with Crippen molar-refractivity contribution in [3.8, 4) is 11.1 Å². The van der Waals surface area contributed by atoms with E-state index in [0.29, 0.717) is 22.0 Å². The molecule has 36 heavy (non-hydrogen) atoms. The van der Waals surface area contributed by atoms with Gasteiger partial charge in [-0.05, 0) is 48.2 Å². The number of carbonyl (C=O) groups is 2. The Morgan fingerprint density at radius 2 is 1.56 bits per heavy atom. The van der Waals surface area contributed by atoms with Crippen molar-refractivity contribution in [2.45, 2.75) is 11.8 Å². The van der Waals surface area contributed by atoms with E-state index < -0.39 is 28.5 Å². The van der Waals surface area contributed by atoms with Crippen molar-refractivity contribution in [1.29, 1.82) is 0 Å². The molecular formula is C26H23N3O6S. The van der Waals surface area contributed by atoms with Crippen LogP contribution in [0.15, 0.2) is 82.5 Å². The van der Waals surface area contributed by atoms with Gasteiger partial charge < -0.3 is 14.6 Å². The number of pyridine rings is 1. The first-order valence-electron chi connectivity index (χ1n) is 10.8. The molecule has 3 N–H and O–H groups in total. The van der Waals surface area contributed by atoms with Crippen molar-refractivity contribution in [2.75, 3.05) is 11.9 Å². The van der Waals surface area contributed by atoms with E-state index in [1.807, 2.05) is 31.2 Å². The normalized spacial score (nSPS) is 11.3. The number of hydrogen-bond acceptors (Lipinski definition) is 6. The summed E-state index contributed by atoms with van der Waals surface area (Å²) in [6, 6.07) is 19.7. The van der Waals surface area contributed by atoms with Crippen LogP contribution in [-0.4, -0.2) is 31.5 Å². The number of esters is 1. The smallest absolute Gasteiger partial charge is 0.356 e. The van der Waals surface area contributed by atoms with Gasteiger partial charge in [0.2, 0.25) is 10.0 Å². The summed E-state index contributed by atoms with van der Waals surface area (Å²) in [7, 11) is -2.38. The van der Waals surface area contributed by atoms with E-state index in [-0.39, 0.29) is 16.1 Å². The SMILES string of the molecule is Cc1ccc(-c2c(C(=O)OCC(=O)Nc3ccc(S(N)(=O)=O)cc3)n(C)c(=O)c3ccccc23)cc1. The Morgan fingerprint density at radius 3 is 2.17 bits per heavy atom. The molecule has 0 fully saturated rings. The minimum Gasteiger partial charge on any atom is -0.451 e. The van der Waals surface area contributed by atoms with E-state index in [1.165, 1.54) is 35.9 Å². The molecule has 9 nitrogen and oxygen atoms in total. The van der Waals surface area contributed by atoms with Gasteiger partial charge in [-0.3, -0.25) is 9.59 Å². The minimum atomic E-state index is -3.86. The molecule has 1 aromatic heterocycles. The van der Waals surface area contributed by atoms with E-state index in [0.717, 1.165) is 11.1 Å². The molecule has 3 aromatic carbocycles. The Labute approximate surface area is 207 Å². The van der Waals surface area contributed by atoms with Crippen molar-refractivity contribution < 1.29 is 22.7 Å². The van der Waals surface area contributed by atoms with Crippen LogP contribution in [0.1, 0.15) is 16.1 Å². The van der Waals surface area contributed by atoms with Gasteiger partial charge in [0.15, 0.2) is 6.61 Å². The molecule has 0 saturated carbocycles. The molecule has 4 aromatic rings. The average Bonchev–Trinajstić information content (AvgIpc) is 2.85. The summed E-state index contributed by atoms with van der Waals surface area (Å²) in [5.74, 6) is -1.48. The molecular weight excluding hydrogens is 482 g/mol. The molecule has 0 saturated heterocycles. The second-order valence-corrected chi connectivity index (χ2v) is 9.75.